The molecule has 0 saturated carbocycles. The molecule has 0 spiro atoms. The van der Waals surface area contributed by atoms with E-state index in [1.165, 1.54) is 18.1 Å². The first-order chi connectivity index (χ1) is 8.36. The molecule has 17 heavy (non-hydrogen) atoms. The van der Waals surface area contributed by atoms with Gasteiger partial charge in [0.1, 0.15) is 11.4 Å². The van der Waals surface area contributed by atoms with Crippen LogP contribution in [0.4, 0.5) is 5.95 Å². The highest BCUT2D eigenvalue weighted by Gasteiger charge is 2.11. The van der Waals surface area contributed by atoms with E-state index in [0.717, 1.165) is 10.4 Å². The van der Waals surface area contributed by atoms with Gasteiger partial charge in [-0.25, -0.2) is 9.97 Å². The number of hydrogen-bond donors (Lipinski definition) is 3. The number of aromatic amines is 2. The minimum absolute atomic E-state index is 0.531. The summed E-state index contributed by atoms with van der Waals surface area (Å²) in [6.45, 7) is 0. The van der Waals surface area contributed by atoms with Crippen molar-refractivity contribution in [1.29, 1.82) is 0 Å². The molecule has 3 aromatic heterocycles. The van der Waals surface area contributed by atoms with Gasteiger partial charge in [0.2, 0.25) is 5.95 Å². The molecule has 0 bridgehead atoms. The SMILES string of the molecule is CNc1nc(Sc2ncn[nH]2)c2cn[nH]c2n1. The van der Waals surface area contributed by atoms with Crippen molar-refractivity contribution >= 4 is 28.7 Å². The van der Waals surface area contributed by atoms with Crippen LogP contribution in [-0.4, -0.2) is 42.4 Å². The maximum atomic E-state index is 4.36. The summed E-state index contributed by atoms with van der Waals surface area (Å²) in [6, 6.07) is 0. The summed E-state index contributed by atoms with van der Waals surface area (Å²) in [5.41, 5.74) is 0.686. The summed E-state index contributed by atoms with van der Waals surface area (Å²) < 4.78 is 0. The van der Waals surface area contributed by atoms with Crippen molar-refractivity contribution in [2.45, 2.75) is 10.2 Å². The second kappa shape index (κ2) is 4.01. The molecule has 0 unspecified atom stereocenters. The van der Waals surface area contributed by atoms with Gasteiger partial charge in [-0.15, -0.1) is 0 Å². The van der Waals surface area contributed by atoms with E-state index in [1.807, 2.05) is 0 Å². The Bertz CT molecular complexity index is 630. The number of H-pyrrole nitrogens is 2. The number of nitrogens with zero attached hydrogens (tertiary/aromatic N) is 5. The summed E-state index contributed by atoms with van der Waals surface area (Å²) in [5.74, 6) is 0.531. The van der Waals surface area contributed by atoms with E-state index < -0.39 is 0 Å². The Morgan fingerprint density at radius 3 is 2.94 bits per heavy atom. The molecule has 0 aromatic carbocycles. The van der Waals surface area contributed by atoms with Crippen molar-refractivity contribution < 1.29 is 0 Å². The van der Waals surface area contributed by atoms with Crippen LogP contribution in [0.15, 0.2) is 22.7 Å². The number of nitrogens with one attached hydrogen (secondary N) is 3. The third kappa shape index (κ3) is 1.80. The summed E-state index contributed by atoms with van der Waals surface area (Å²) in [6.07, 6.45) is 3.14. The molecule has 0 aliphatic heterocycles. The smallest absolute Gasteiger partial charge is 0.225 e. The van der Waals surface area contributed by atoms with Gasteiger partial charge >= 0.3 is 0 Å². The van der Waals surface area contributed by atoms with Crippen LogP contribution in [0.1, 0.15) is 0 Å². The van der Waals surface area contributed by atoms with E-state index in [1.54, 1.807) is 13.2 Å². The molecule has 86 valence electrons. The van der Waals surface area contributed by atoms with Crippen molar-refractivity contribution in [3.8, 4) is 0 Å². The van der Waals surface area contributed by atoms with Crippen LogP contribution in [-0.2, 0) is 0 Å². The molecule has 0 saturated heterocycles. The summed E-state index contributed by atoms with van der Waals surface area (Å²) in [5, 5.41) is 18.5. The second-order valence-electron chi connectivity index (χ2n) is 3.13. The quantitative estimate of drug-likeness (QED) is 0.584. The van der Waals surface area contributed by atoms with Gasteiger partial charge < -0.3 is 5.32 Å². The molecule has 3 N–H and O–H groups in total. The number of anilines is 1. The minimum Gasteiger partial charge on any atom is -0.357 e. The number of hydrogen-bond acceptors (Lipinski definition) is 7. The van der Waals surface area contributed by atoms with E-state index in [2.05, 4.69) is 40.7 Å². The Morgan fingerprint density at radius 2 is 2.18 bits per heavy atom. The maximum absolute atomic E-state index is 4.36. The minimum atomic E-state index is 0.531. The number of rotatable bonds is 3. The zero-order valence-corrected chi connectivity index (χ0v) is 9.62. The average Bonchev–Trinajstić information content (AvgIpc) is 2.98. The average molecular weight is 248 g/mol. The number of fused-ring (bicyclic) bond motifs is 1. The van der Waals surface area contributed by atoms with Crippen LogP contribution in [0.2, 0.25) is 0 Å². The first kappa shape index (κ1) is 10.0. The molecule has 0 amide bonds. The Kier molecular flexibility index (Phi) is 2.37. The summed E-state index contributed by atoms with van der Waals surface area (Å²) in [4.78, 5) is 12.6. The van der Waals surface area contributed by atoms with Crippen LogP contribution >= 0.6 is 11.8 Å². The standard InChI is InChI=1S/C8H8N8S/c1-9-7-13-5-4(2-11-15-5)6(14-7)17-8-10-3-12-16-8/h2-3H,1H3,(H,10,12,16)(H2,9,11,13,14,15). The molecule has 0 fully saturated rings. The van der Waals surface area contributed by atoms with Crippen molar-refractivity contribution in [1.82, 2.24) is 35.3 Å². The lowest BCUT2D eigenvalue weighted by molar-refractivity contribution is 0.967. The normalized spacial score (nSPS) is 10.9. The van der Waals surface area contributed by atoms with Crippen LogP contribution in [0.25, 0.3) is 11.0 Å². The van der Waals surface area contributed by atoms with Crippen LogP contribution in [0.3, 0.4) is 0 Å². The summed E-state index contributed by atoms with van der Waals surface area (Å²) >= 11 is 1.38. The fourth-order valence-corrected chi connectivity index (χ4v) is 2.11. The van der Waals surface area contributed by atoms with E-state index in [4.69, 9.17) is 0 Å². The number of aromatic nitrogens is 7. The van der Waals surface area contributed by atoms with Gasteiger partial charge in [-0.1, -0.05) is 0 Å². The fourth-order valence-electron chi connectivity index (χ4n) is 1.33. The van der Waals surface area contributed by atoms with E-state index in [9.17, 15) is 0 Å². The van der Waals surface area contributed by atoms with E-state index >= 15 is 0 Å². The highest BCUT2D eigenvalue weighted by Crippen LogP contribution is 2.28. The van der Waals surface area contributed by atoms with Crippen LogP contribution < -0.4 is 5.32 Å². The zero-order chi connectivity index (χ0) is 11.7. The fraction of sp³-hybridized carbons (Fsp3) is 0.125. The van der Waals surface area contributed by atoms with E-state index in [0.29, 0.717) is 16.8 Å². The lowest BCUT2D eigenvalue weighted by Gasteiger charge is -2.02. The van der Waals surface area contributed by atoms with Gasteiger partial charge in [-0.05, 0) is 11.8 Å². The molecule has 0 aliphatic rings. The molecule has 3 aromatic rings. The molecule has 8 nitrogen and oxygen atoms in total. The molecule has 3 rings (SSSR count). The molecule has 0 aliphatic carbocycles. The van der Waals surface area contributed by atoms with E-state index in [-0.39, 0.29) is 0 Å². The topological polar surface area (TPSA) is 108 Å². The van der Waals surface area contributed by atoms with Gasteiger partial charge in [-0.2, -0.15) is 15.2 Å². The van der Waals surface area contributed by atoms with Crippen molar-refractivity contribution in [2.24, 2.45) is 0 Å². The van der Waals surface area contributed by atoms with Crippen molar-refractivity contribution in [3.63, 3.8) is 0 Å². The lowest BCUT2D eigenvalue weighted by atomic mass is 10.4. The molecular weight excluding hydrogens is 240 g/mol. The third-order valence-corrected chi connectivity index (χ3v) is 2.98. The predicted molar refractivity (Wildman–Crippen MR) is 61.7 cm³/mol. The second-order valence-corrected chi connectivity index (χ2v) is 4.10. The van der Waals surface area contributed by atoms with Crippen molar-refractivity contribution in [3.05, 3.63) is 12.5 Å². The largest absolute Gasteiger partial charge is 0.357 e. The van der Waals surface area contributed by atoms with Gasteiger partial charge in [0.25, 0.3) is 0 Å². The Morgan fingerprint density at radius 1 is 1.24 bits per heavy atom. The van der Waals surface area contributed by atoms with Gasteiger partial charge in [-0.3, -0.25) is 10.2 Å². The first-order valence-electron chi connectivity index (χ1n) is 4.79. The van der Waals surface area contributed by atoms with Gasteiger partial charge in [0.05, 0.1) is 11.6 Å². The Labute approximate surface area is 99.7 Å². The van der Waals surface area contributed by atoms with Crippen LogP contribution in [0.5, 0.6) is 0 Å². The molecular formula is C8H8N8S. The predicted octanol–water partition coefficient (Wildman–Crippen LogP) is 0.664. The molecule has 0 atom stereocenters. The highest BCUT2D eigenvalue weighted by atomic mass is 32.2. The highest BCUT2D eigenvalue weighted by molar-refractivity contribution is 7.99. The molecule has 9 heteroatoms. The molecule has 0 radical (unpaired) electrons. The first-order valence-corrected chi connectivity index (χ1v) is 5.60. The monoisotopic (exact) mass is 248 g/mol. The van der Waals surface area contributed by atoms with Gasteiger partial charge in [0.15, 0.2) is 10.8 Å². The van der Waals surface area contributed by atoms with Crippen LogP contribution in [0, 0.1) is 0 Å². The van der Waals surface area contributed by atoms with Crippen molar-refractivity contribution in [2.75, 3.05) is 12.4 Å². The zero-order valence-electron chi connectivity index (χ0n) is 8.80. The Hall–Kier alpha value is -2.16. The molecule has 3 heterocycles. The lowest BCUT2D eigenvalue weighted by Crippen LogP contribution is -1.97. The third-order valence-electron chi connectivity index (χ3n) is 2.08. The maximum Gasteiger partial charge on any atom is 0.225 e. The van der Waals surface area contributed by atoms with Gasteiger partial charge in [0, 0.05) is 7.05 Å². The Balaban J connectivity index is 2.10. The summed E-state index contributed by atoms with van der Waals surface area (Å²) in [7, 11) is 1.76.